The van der Waals surface area contributed by atoms with Crippen LogP contribution in [0.15, 0.2) is 41.9 Å². The van der Waals surface area contributed by atoms with Crippen molar-refractivity contribution in [2.24, 2.45) is 0 Å². The van der Waals surface area contributed by atoms with Gasteiger partial charge < -0.3 is 11.1 Å². The number of hydrogen-bond acceptors (Lipinski definition) is 4. The lowest BCUT2D eigenvalue weighted by Gasteiger charge is -2.19. The molecule has 1 aromatic heterocycles. The van der Waals surface area contributed by atoms with Crippen LogP contribution in [0, 0.1) is 6.92 Å². The van der Waals surface area contributed by atoms with Gasteiger partial charge in [-0.15, -0.1) is 11.3 Å². The molecule has 0 aliphatic heterocycles. The molecule has 20 heavy (non-hydrogen) atoms. The number of nitrogen functional groups attached to an aromatic ring is 1. The van der Waals surface area contributed by atoms with E-state index in [9.17, 15) is 0 Å². The third-order valence-corrected chi connectivity index (χ3v) is 4.36. The summed E-state index contributed by atoms with van der Waals surface area (Å²) in [5.74, 6) is 0. The Morgan fingerprint density at radius 2 is 2.00 bits per heavy atom. The maximum absolute atomic E-state index is 6.21. The van der Waals surface area contributed by atoms with Crippen molar-refractivity contribution in [3.8, 4) is 0 Å². The van der Waals surface area contributed by atoms with Gasteiger partial charge in [-0.25, -0.2) is 4.98 Å². The number of aromatic nitrogens is 1. The summed E-state index contributed by atoms with van der Waals surface area (Å²) in [4.78, 5) is 4.33. The first-order valence-corrected chi connectivity index (χ1v) is 7.48. The Morgan fingerprint density at radius 1 is 1.20 bits per heavy atom. The number of nitrogens with zero attached hydrogens (tertiary/aromatic N) is 1. The van der Waals surface area contributed by atoms with E-state index in [1.165, 1.54) is 11.1 Å². The van der Waals surface area contributed by atoms with Gasteiger partial charge in [-0.2, -0.15) is 0 Å². The predicted molar refractivity (Wildman–Crippen MR) is 87.2 cm³/mol. The van der Waals surface area contributed by atoms with Crippen molar-refractivity contribution in [2.45, 2.75) is 19.9 Å². The molecule has 4 heteroatoms. The average Bonchev–Trinajstić information content (AvgIpc) is 2.91. The predicted octanol–water partition coefficient (Wildman–Crippen LogP) is 4.36. The number of thiazole rings is 1. The molecule has 0 aliphatic carbocycles. The highest BCUT2D eigenvalue weighted by molar-refractivity contribution is 7.16. The molecule has 3 N–H and O–H groups in total. The number of anilines is 2. The standard InChI is InChI=1S/C16H17N3S/c1-10-5-3-4-6-12(10)11(2)19-13-7-8-14-16(15(13)17)18-9-20-14/h3-9,11,19H,17H2,1-2H3. The molecule has 0 fully saturated rings. The van der Waals surface area contributed by atoms with Crippen molar-refractivity contribution in [2.75, 3.05) is 11.1 Å². The summed E-state index contributed by atoms with van der Waals surface area (Å²) in [5.41, 5.74) is 13.2. The minimum atomic E-state index is 0.203. The summed E-state index contributed by atoms with van der Waals surface area (Å²) in [6, 6.07) is 12.7. The highest BCUT2D eigenvalue weighted by Crippen LogP contribution is 2.32. The Morgan fingerprint density at radius 3 is 2.80 bits per heavy atom. The summed E-state index contributed by atoms with van der Waals surface area (Å²) in [7, 11) is 0. The normalized spacial score (nSPS) is 12.5. The Balaban J connectivity index is 1.93. The fraction of sp³-hybridized carbons (Fsp3) is 0.188. The molecule has 1 unspecified atom stereocenters. The van der Waals surface area contributed by atoms with Crippen LogP contribution >= 0.6 is 11.3 Å². The van der Waals surface area contributed by atoms with Crippen molar-refractivity contribution in [3.63, 3.8) is 0 Å². The van der Waals surface area contributed by atoms with Gasteiger partial charge >= 0.3 is 0 Å². The SMILES string of the molecule is Cc1ccccc1C(C)Nc1ccc2scnc2c1N. The molecular formula is C16H17N3S. The van der Waals surface area contributed by atoms with Crippen LogP contribution in [0.1, 0.15) is 24.1 Å². The minimum absolute atomic E-state index is 0.203. The maximum atomic E-state index is 6.21. The van der Waals surface area contributed by atoms with E-state index in [2.05, 4.69) is 54.5 Å². The van der Waals surface area contributed by atoms with E-state index in [-0.39, 0.29) is 6.04 Å². The molecule has 102 valence electrons. The Labute approximate surface area is 122 Å². The third-order valence-electron chi connectivity index (χ3n) is 3.57. The van der Waals surface area contributed by atoms with E-state index in [0.717, 1.165) is 21.6 Å². The van der Waals surface area contributed by atoms with Crippen LogP contribution in [0.4, 0.5) is 11.4 Å². The Bertz CT molecular complexity index is 748. The zero-order chi connectivity index (χ0) is 14.1. The number of nitrogens with two attached hydrogens (primary N) is 1. The lowest BCUT2D eigenvalue weighted by Crippen LogP contribution is -2.09. The smallest absolute Gasteiger partial charge is 0.106 e. The summed E-state index contributed by atoms with van der Waals surface area (Å²) in [5, 5.41) is 3.49. The summed E-state index contributed by atoms with van der Waals surface area (Å²) in [6.07, 6.45) is 0. The second kappa shape index (κ2) is 5.13. The van der Waals surface area contributed by atoms with Gasteiger partial charge in [0.15, 0.2) is 0 Å². The van der Waals surface area contributed by atoms with Crippen LogP contribution < -0.4 is 11.1 Å². The number of hydrogen-bond donors (Lipinski definition) is 2. The quantitative estimate of drug-likeness (QED) is 0.702. The molecule has 0 aliphatic rings. The van der Waals surface area contributed by atoms with Crippen molar-refractivity contribution >= 4 is 32.9 Å². The van der Waals surface area contributed by atoms with E-state index in [1.807, 2.05) is 11.6 Å². The molecule has 1 atom stereocenters. The lowest BCUT2D eigenvalue weighted by atomic mass is 10.0. The first-order chi connectivity index (χ1) is 9.66. The first-order valence-electron chi connectivity index (χ1n) is 6.60. The van der Waals surface area contributed by atoms with Gasteiger partial charge in [-0.3, -0.25) is 0 Å². The zero-order valence-electron chi connectivity index (χ0n) is 11.6. The molecule has 3 nitrogen and oxygen atoms in total. The molecule has 3 rings (SSSR count). The van der Waals surface area contributed by atoms with Gasteiger partial charge in [0.2, 0.25) is 0 Å². The molecule has 0 saturated carbocycles. The number of nitrogens with one attached hydrogen (secondary N) is 1. The van der Waals surface area contributed by atoms with E-state index in [4.69, 9.17) is 5.73 Å². The van der Waals surface area contributed by atoms with Crippen LogP contribution in [0.25, 0.3) is 10.2 Å². The van der Waals surface area contributed by atoms with Crippen molar-refractivity contribution in [1.82, 2.24) is 4.98 Å². The fourth-order valence-electron chi connectivity index (χ4n) is 2.46. The van der Waals surface area contributed by atoms with Crippen molar-refractivity contribution in [1.29, 1.82) is 0 Å². The van der Waals surface area contributed by atoms with Crippen molar-refractivity contribution < 1.29 is 0 Å². The van der Waals surface area contributed by atoms with Crippen molar-refractivity contribution in [3.05, 3.63) is 53.0 Å². The highest BCUT2D eigenvalue weighted by Gasteiger charge is 2.11. The number of aryl methyl sites for hydroxylation is 1. The largest absolute Gasteiger partial charge is 0.395 e. The van der Waals surface area contributed by atoms with Crippen LogP contribution in [0.2, 0.25) is 0 Å². The monoisotopic (exact) mass is 283 g/mol. The summed E-state index contributed by atoms with van der Waals surface area (Å²) in [6.45, 7) is 4.27. The second-order valence-electron chi connectivity index (χ2n) is 4.95. The van der Waals surface area contributed by atoms with Gasteiger partial charge in [0, 0.05) is 6.04 Å². The zero-order valence-corrected chi connectivity index (χ0v) is 12.4. The molecule has 0 radical (unpaired) electrons. The Hall–Kier alpha value is -2.07. The topological polar surface area (TPSA) is 50.9 Å². The van der Waals surface area contributed by atoms with Gasteiger partial charge in [-0.1, -0.05) is 24.3 Å². The molecule has 3 aromatic rings. The highest BCUT2D eigenvalue weighted by atomic mass is 32.1. The molecule has 0 amide bonds. The van der Waals surface area contributed by atoms with Crippen LogP contribution in [-0.4, -0.2) is 4.98 Å². The molecule has 1 heterocycles. The van der Waals surface area contributed by atoms with Gasteiger partial charge in [0.25, 0.3) is 0 Å². The third kappa shape index (κ3) is 2.23. The molecule has 0 bridgehead atoms. The summed E-state index contributed by atoms with van der Waals surface area (Å²) >= 11 is 1.61. The minimum Gasteiger partial charge on any atom is -0.395 e. The fourth-order valence-corrected chi connectivity index (χ4v) is 3.15. The molecule has 0 saturated heterocycles. The average molecular weight is 283 g/mol. The van der Waals surface area contributed by atoms with Gasteiger partial charge in [-0.05, 0) is 37.1 Å². The van der Waals surface area contributed by atoms with Gasteiger partial charge in [0.05, 0.1) is 21.6 Å². The molecule has 2 aromatic carbocycles. The van der Waals surface area contributed by atoms with E-state index >= 15 is 0 Å². The maximum Gasteiger partial charge on any atom is 0.106 e. The van der Waals surface area contributed by atoms with Crippen LogP contribution in [-0.2, 0) is 0 Å². The van der Waals surface area contributed by atoms with E-state index in [1.54, 1.807) is 11.3 Å². The number of rotatable bonds is 3. The number of benzene rings is 2. The van der Waals surface area contributed by atoms with E-state index < -0.39 is 0 Å². The first kappa shape index (κ1) is 12.9. The van der Waals surface area contributed by atoms with E-state index in [0.29, 0.717) is 0 Å². The molecule has 0 spiro atoms. The summed E-state index contributed by atoms with van der Waals surface area (Å²) < 4.78 is 1.12. The Kier molecular flexibility index (Phi) is 3.32. The van der Waals surface area contributed by atoms with Gasteiger partial charge in [0.1, 0.15) is 5.52 Å². The number of fused-ring (bicyclic) bond motifs is 1. The molecular weight excluding hydrogens is 266 g/mol. The van der Waals surface area contributed by atoms with Crippen LogP contribution in [0.3, 0.4) is 0 Å². The second-order valence-corrected chi connectivity index (χ2v) is 5.83. The van der Waals surface area contributed by atoms with Crippen LogP contribution in [0.5, 0.6) is 0 Å². The lowest BCUT2D eigenvalue weighted by molar-refractivity contribution is 0.875.